The first-order valence-corrected chi connectivity index (χ1v) is 14.5. The minimum absolute atomic E-state index is 0.235. The van der Waals surface area contributed by atoms with E-state index in [1.54, 1.807) is 74.9 Å². The highest BCUT2D eigenvalue weighted by Gasteiger charge is 2.56. The monoisotopic (exact) mass is 587 g/mol. The number of hydrogen-bond acceptors (Lipinski definition) is 8. The summed E-state index contributed by atoms with van der Waals surface area (Å²) in [4.78, 5) is 55.6. The van der Waals surface area contributed by atoms with Gasteiger partial charge in [-0.05, 0) is 54.1 Å². The molecule has 0 spiro atoms. The lowest BCUT2D eigenvalue weighted by Crippen LogP contribution is -2.33. The zero-order valence-electron chi connectivity index (χ0n) is 22.1. The van der Waals surface area contributed by atoms with Crippen LogP contribution < -0.4 is 24.6 Å². The third-order valence-electron chi connectivity index (χ3n) is 7.21. The van der Waals surface area contributed by atoms with Gasteiger partial charge in [0.1, 0.15) is 23.3 Å². The highest BCUT2D eigenvalue weighted by Crippen LogP contribution is 2.54. The zero-order chi connectivity index (χ0) is 28.7. The van der Waals surface area contributed by atoms with Crippen molar-refractivity contribution in [2.75, 3.05) is 24.4 Å². The maximum absolute atomic E-state index is 13.9. The van der Waals surface area contributed by atoms with Crippen LogP contribution in [0.4, 0.5) is 11.4 Å². The van der Waals surface area contributed by atoms with E-state index < -0.39 is 17.1 Å². The Hall–Kier alpha value is -4.35. The molecule has 1 aromatic heterocycles. The van der Waals surface area contributed by atoms with E-state index in [2.05, 4.69) is 5.32 Å². The standard InChI is InChI=1S/C30H25N3O6S2/c1-38-20-12-8-17(9-13-20)23-24-25(28(36)33(27(24)35)19-6-4-3-5-7-19)40-29-26(23)41-30(37)32(29)16-22(34)31-18-10-14-21(39-2)15-11-18/h3-15,23-25H,16H2,1-2H3,(H,31,34)/t23-,24-,25+/m0/s1. The second-order valence-electron chi connectivity index (χ2n) is 9.56. The van der Waals surface area contributed by atoms with Gasteiger partial charge in [-0.25, -0.2) is 4.90 Å². The molecule has 4 aromatic rings. The molecule has 0 unspecified atom stereocenters. The molecule has 2 aliphatic rings. The lowest BCUT2D eigenvalue weighted by Gasteiger charge is -2.30. The Morgan fingerprint density at radius 3 is 2.12 bits per heavy atom. The van der Waals surface area contributed by atoms with Crippen LogP contribution in [-0.4, -0.2) is 41.8 Å². The fourth-order valence-electron chi connectivity index (χ4n) is 5.28. The molecular formula is C30H25N3O6S2. The summed E-state index contributed by atoms with van der Waals surface area (Å²) in [5.41, 5.74) is 1.85. The van der Waals surface area contributed by atoms with Gasteiger partial charge in [-0.3, -0.25) is 23.7 Å². The van der Waals surface area contributed by atoms with Gasteiger partial charge in [0.15, 0.2) is 0 Å². The summed E-state index contributed by atoms with van der Waals surface area (Å²) in [5.74, 6) is -0.994. The van der Waals surface area contributed by atoms with Crippen LogP contribution in [-0.2, 0) is 20.9 Å². The summed E-state index contributed by atoms with van der Waals surface area (Å²) < 4.78 is 11.9. The van der Waals surface area contributed by atoms with E-state index in [4.69, 9.17) is 9.47 Å². The third kappa shape index (κ3) is 4.81. The Bertz CT molecular complexity index is 1680. The number of carbonyl (C=O) groups excluding carboxylic acids is 3. The SMILES string of the molecule is COc1ccc(NC(=O)Cn2c3c(sc2=O)[C@@H](c2ccc(OC)cc2)[C@@H]2C(=O)N(c4ccccc4)C(=O)[C@@H]2S3)cc1. The quantitative estimate of drug-likeness (QED) is 0.320. The van der Waals surface area contributed by atoms with Gasteiger partial charge >= 0.3 is 4.87 Å². The number of hydrogen-bond donors (Lipinski definition) is 1. The van der Waals surface area contributed by atoms with E-state index in [0.717, 1.165) is 16.9 Å². The molecule has 1 saturated heterocycles. The number of anilines is 2. The number of aromatic nitrogens is 1. The second kappa shape index (κ2) is 10.9. The van der Waals surface area contributed by atoms with Crippen LogP contribution in [0.3, 0.4) is 0 Å². The average Bonchev–Trinajstić information content (AvgIpc) is 3.44. The van der Waals surface area contributed by atoms with Crippen molar-refractivity contribution in [3.05, 3.63) is 99.0 Å². The molecule has 0 bridgehead atoms. The van der Waals surface area contributed by atoms with Gasteiger partial charge in [0.05, 0.1) is 30.9 Å². The summed E-state index contributed by atoms with van der Waals surface area (Å²) in [6, 6.07) is 23.0. The molecule has 1 fully saturated rings. The van der Waals surface area contributed by atoms with Crippen LogP contribution in [0.5, 0.6) is 11.5 Å². The maximum Gasteiger partial charge on any atom is 0.308 e. The topological polar surface area (TPSA) is 107 Å². The molecule has 3 aromatic carbocycles. The van der Waals surface area contributed by atoms with E-state index in [1.165, 1.54) is 21.2 Å². The van der Waals surface area contributed by atoms with E-state index in [-0.39, 0.29) is 29.1 Å². The second-order valence-corrected chi connectivity index (χ2v) is 11.7. The number of nitrogens with zero attached hydrogens (tertiary/aromatic N) is 2. The van der Waals surface area contributed by atoms with Crippen LogP contribution in [0.15, 0.2) is 88.7 Å². The van der Waals surface area contributed by atoms with Crippen molar-refractivity contribution < 1.29 is 23.9 Å². The summed E-state index contributed by atoms with van der Waals surface area (Å²) in [7, 11) is 3.13. The first-order chi connectivity index (χ1) is 19.9. The van der Waals surface area contributed by atoms with Gasteiger partial charge in [-0.1, -0.05) is 53.4 Å². The summed E-state index contributed by atoms with van der Waals surface area (Å²) in [5, 5.41) is 2.58. The van der Waals surface area contributed by atoms with Crippen LogP contribution >= 0.6 is 23.1 Å². The molecule has 6 rings (SSSR count). The predicted octanol–water partition coefficient (Wildman–Crippen LogP) is 4.36. The molecule has 3 heterocycles. The molecule has 0 aliphatic carbocycles. The van der Waals surface area contributed by atoms with Crippen molar-refractivity contribution in [3.8, 4) is 11.5 Å². The van der Waals surface area contributed by atoms with Crippen LogP contribution in [0.2, 0.25) is 0 Å². The number of amides is 3. The van der Waals surface area contributed by atoms with E-state index >= 15 is 0 Å². The number of nitrogens with one attached hydrogen (secondary N) is 1. The molecule has 41 heavy (non-hydrogen) atoms. The van der Waals surface area contributed by atoms with Gasteiger partial charge in [0.2, 0.25) is 17.7 Å². The van der Waals surface area contributed by atoms with Crippen molar-refractivity contribution in [1.82, 2.24) is 4.57 Å². The van der Waals surface area contributed by atoms with Crippen molar-refractivity contribution in [1.29, 1.82) is 0 Å². The number of ether oxygens (including phenoxy) is 2. The van der Waals surface area contributed by atoms with Gasteiger partial charge < -0.3 is 14.8 Å². The summed E-state index contributed by atoms with van der Waals surface area (Å²) in [6.07, 6.45) is 0. The Labute approximate surface area is 243 Å². The zero-order valence-corrected chi connectivity index (χ0v) is 23.7. The number of carbonyl (C=O) groups is 3. The average molecular weight is 588 g/mol. The lowest BCUT2D eigenvalue weighted by atomic mass is 9.83. The number of imide groups is 1. The Morgan fingerprint density at radius 1 is 0.854 bits per heavy atom. The van der Waals surface area contributed by atoms with Crippen molar-refractivity contribution in [3.63, 3.8) is 0 Å². The van der Waals surface area contributed by atoms with E-state index in [0.29, 0.717) is 32.8 Å². The van der Waals surface area contributed by atoms with Crippen molar-refractivity contribution in [2.24, 2.45) is 5.92 Å². The normalized spacial score (nSPS) is 19.5. The first kappa shape index (κ1) is 26.9. The first-order valence-electron chi connectivity index (χ1n) is 12.8. The Kier molecular flexibility index (Phi) is 7.14. The third-order valence-corrected chi connectivity index (χ3v) is 9.82. The van der Waals surface area contributed by atoms with Crippen molar-refractivity contribution in [2.45, 2.75) is 22.7 Å². The van der Waals surface area contributed by atoms with E-state index in [9.17, 15) is 19.2 Å². The number of thioether (sulfide) groups is 1. The van der Waals surface area contributed by atoms with Gasteiger partial charge in [-0.2, -0.15) is 0 Å². The molecular weight excluding hydrogens is 562 g/mol. The highest BCUT2D eigenvalue weighted by molar-refractivity contribution is 8.00. The largest absolute Gasteiger partial charge is 0.497 e. The number of rotatable bonds is 7. The lowest BCUT2D eigenvalue weighted by molar-refractivity contribution is -0.122. The smallest absolute Gasteiger partial charge is 0.308 e. The maximum atomic E-state index is 13.9. The minimum Gasteiger partial charge on any atom is -0.497 e. The van der Waals surface area contributed by atoms with Crippen molar-refractivity contribution >= 4 is 52.2 Å². The number of fused-ring (bicyclic) bond motifs is 2. The number of methoxy groups -OCH3 is 2. The molecule has 9 nitrogen and oxygen atoms in total. The molecule has 0 radical (unpaired) electrons. The van der Waals surface area contributed by atoms with Crippen LogP contribution in [0.1, 0.15) is 16.4 Å². The van der Waals surface area contributed by atoms with Gasteiger partial charge in [-0.15, -0.1) is 0 Å². The van der Waals surface area contributed by atoms with Crippen LogP contribution in [0, 0.1) is 5.92 Å². The number of para-hydroxylation sites is 1. The summed E-state index contributed by atoms with van der Waals surface area (Å²) >= 11 is 2.19. The molecule has 208 valence electrons. The predicted molar refractivity (Wildman–Crippen MR) is 157 cm³/mol. The van der Waals surface area contributed by atoms with Gasteiger partial charge in [0.25, 0.3) is 0 Å². The highest BCUT2D eigenvalue weighted by atomic mass is 32.2. The molecule has 11 heteroatoms. The summed E-state index contributed by atoms with van der Waals surface area (Å²) in [6.45, 7) is -0.235. The molecule has 2 aliphatic heterocycles. The molecule has 1 N–H and O–H groups in total. The van der Waals surface area contributed by atoms with Crippen LogP contribution in [0.25, 0.3) is 0 Å². The molecule has 0 saturated carbocycles. The number of benzene rings is 3. The molecule has 3 atom stereocenters. The number of thiazole rings is 1. The Balaban J connectivity index is 1.39. The fourth-order valence-corrected chi connectivity index (χ4v) is 8.05. The Morgan fingerprint density at radius 2 is 1.49 bits per heavy atom. The molecule has 3 amide bonds. The van der Waals surface area contributed by atoms with E-state index in [1.807, 2.05) is 18.2 Å². The minimum atomic E-state index is -0.757. The fraction of sp³-hybridized carbons (Fsp3) is 0.200. The van der Waals surface area contributed by atoms with Gasteiger partial charge in [0, 0.05) is 16.5 Å².